The molecule has 0 spiro atoms. The normalized spacial score (nSPS) is 12.7. The van der Waals surface area contributed by atoms with Crippen LogP contribution >= 0.6 is 11.8 Å². The van der Waals surface area contributed by atoms with Gasteiger partial charge in [-0.3, -0.25) is 0 Å². The van der Waals surface area contributed by atoms with E-state index in [-0.39, 0.29) is 6.09 Å². The van der Waals surface area contributed by atoms with Crippen molar-refractivity contribution < 1.29 is 9.53 Å². The second-order valence-corrected chi connectivity index (χ2v) is 7.96. The molecule has 1 amide bonds. The summed E-state index contributed by atoms with van der Waals surface area (Å²) in [4.78, 5) is 11.5. The van der Waals surface area contributed by atoms with E-state index in [2.05, 4.69) is 29.6 Å². The number of carbonyl (C=O) groups is 1. The lowest BCUT2D eigenvalue weighted by molar-refractivity contribution is 0.0527. The zero-order valence-electron chi connectivity index (χ0n) is 14.5. The Hall–Kier alpha value is -1.20. The van der Waals surface area contributed by atoms with E-state index in [4.69, 9.17) is 10.5 Å². The highest BCUT2D eigenvalue weighted by Crippen LogP contribution is 2.17. The molecule has 0 radical (unpaired) electrons. The van der Waals surface area contributed by atoms with Crippen molar-refractivity contribution in [1.82, 2.24) is 5.32 Å². The van der Waals surface area contributed by atoms with Crippen LogP contribution in [0, 0.1) is 0 Å². The van der Waals surface area contributed by atoms with E-state index < -0.39 is 5.60 Å². The number of alkyl carbamates (subject to hydrolysis) is 1. The van der Waals surface area contributed by atoms with Gasteiger partial charge < -0.3 is 15.8 Å². The van der Waals surface area contributed by atoms with Crippen molar-refractivity contribution in [2.45, 2.75) is 50.9 Å². The average Bonchev–Trinajstić information content (AvgIpc) is 2.48. The molecule has 1 aromatic carbocycles. The van der Waals surface area contributed by atoms with Crippen molar-refractivity contribution >= 4 is 17.9 Å². The minimum atomic E-state index is -0.439. The fourth-order valence-electron chi connectivity index (χ4n) is 2.07. The number of nitrogens with one attached hydrogen (secondary N) is 1. The maximum absolute atomic E-state index is 11.5. The molecule has 0 fully saturated rings. The molecular weight excluding hydrogens is 308 g/mol. The van der Waals surface area contributed by atoms with Crippen LogP contribution in [0.1, 0.15) is 39.2 Å². The fraction of sp³-hybridized carbons (Fsp3) is 0.611. The van der Waals surface area contributed by atoms with Gasteiger partial charge in [-0.2, -0.15) is 11.8 Å². The van der Waals surface area contributed by atoms with Gasteiger partial charge in [0.25, 0.3) is 0 Å². The Kier molecular flexibility index (Phi) is 9.10. The largest absolute Gasteiger partial charge is 0.444 e. The summed E-state index contributed by atoms with van der Waals surface area (Å²) < 4.78 is 5.19. The zero-order chi connectivity index (χ0) is 17.1. The summed E-state index contributed by atoms with van der Waals surface area (Å²) in [6.07, 6.45) is 2.69. The summed E-state index contributed by atoms with van der Waals surface area (Å²) in [5.41, 5.74) is 6.76. The smallest absolute Gasteiger partial charge is 0.407 e. The van der Waals surface area contributed by atoms with Crippen molar-refractivity contribution in [3.05, 3.63) is 35.9 Å². The molecule has 0 saturated carbocycles. The van der Waals surface area contributed by atoms with E-state index in [1.807, 2.05) is 38.6 Å². The third-order valence-electron chi connectivity index (χ3n) is 3.16. The lowest BCUT2D eigenvalue weighted by atomic mass is 10.1. The summed E-state index contributed by atoms with van der Waals surface area (Å²) in [7, 11) is 0. The van der Waals surface area contributed by atoms with Crippen LogP contribution in [-0.2, 0) is 11.2 Å². The molecule has 3 N–H and O–H groups in total. The first-order valence-corrected chi connectivity index (χ1v) is 9.28. The molecule has 0 heterocycles. The van der Waals surface area contributed by atoms with Crippen LogP contribution in [0.15, 0.2) is 30.3 Å². The van der Waals surface area contributed by atoms with Gasteiger partial charge in [0.2, 0.25) is 0 Å². The summed E-state index contributed by atoms with van der Waals surface area (Å²) in [6.45, 7) is 6.94. The molecule has 1 unspecified atom stereocenters. The highest BCUT2D eigenvalue weighted by molar-refractivity contribution is 7.99. The zero-order valence-corrected chi connectivity index (χ0v) is 15.3. The molecular formula is C18H30N2O2S. The Labute approximate surface area is 144 Å². The van der Waals surface area contributed by atoms with Crippen molar-refractivity contribution in [2.24, 2.45) is 5.73 Å². The van der Waals surface area contributed by atoms with Gasteiger partial charge in [-0.15, -0.1) is 0 Å². The lowest BCUT2D eigenvalue weighted by Gasteiger charge is -2.19. The summed E-state index contributed by atoms with van der Waals surface area (Å²) in [5.74, 6) is 1.06. The Morgan fingerprint density at radius 1 is 1.26 bits per heavy atom. The number of unbranched alkanes of at least 4 members (excludes halogenated alkanes) is 1. The monoisotopic (exact) mass is 338 g/mol. The van der Waals surface area contributed by atoms with Gasteiger partial charge in [0.1, 0.15) is 5.60 Å². The fourth-order valence-corrected chi connectivity index (χ4v) is 3.22. The third-order valence-corrected chi connectivity index (χ3v) is 4.52. The summed E-state index contributed by atoms with van der Waals surface area (Å²) in [6, 6.07) is 10.5. The molecule has 1 aromatic rings. The van der Waals surface area contributed by atoms with E-state index in [1.165, 1.54) is 5.56 Å². The second kappa shape index (κ2) is 10.6. The number of hydrogen-bond acceptors (Lipinski definition) is 4. The molecule has 0 aliphatic carbocycles. The molecule has 0 aliphatic rings. The number of carbonyl (C=O) groups excluding carboxylic acids is 1. The van der Waals surface area contributed by atoms with Crippen LogP contribution < -0.4 is 11.1 Å². The number of amides is 1. The molecule has 0 saturated heterocycles. The topological polar surface area (TPSA) is 64.3 Å². The highest BCUT2D eigenvalue weighted by Gasteiger charge is 2.15. The van der Waals surface area contributed by atoms with Gasteiger partial charge in [0.15, 0.2) is 0 Å². The van der Waals surface area contributed by atoms with Gasteiger partial charge in [-0.25, -0.2) is 4.79 Å². The first-order valence-electron chi connectivity index (χ1n) is 8.23. The maximum atomic E-state index is 11.5. The number of rotatable bonds is 9. The molecule has 23 heavy (non-hydrogen) atoms. The molecule has 1 atom stereocenters. The quantitative estimate of drug-likeness (QED) is 0.675. The number of hydrogen-bond donors (Lipinski definition) is 2. The van der Waals surface area contributed by atoms with Crippen molar-refractivity contribution in [2.75, 3.05) is 18.8 Å². The van der Waals surface area contributed by atoms with Crippen LogP contribution in [-0.4, -0.2) is 35.8 Å². The van der Waals surface area contributed by atoms with E-state index >= 15 is 0 Å². The number of ether oxygens (including phenoxy) is 1. The predicted octanol–water partition coefficient (Wildman–Crippen LogP) is 3.59. The van der Waals surface area contributed by atoms with Crippen LogP contribution in [0.5, 0.6) is 0 Å². The third kappa shape index (κ3) is 10.2. The van der Waals surface area contributed by atoms with Crippen LogP contribution in [0.4, 0.5) is 4.79 Å². The molecule has 4 nitrogen and oxygen atoms in total. The van der Waals surface area contributed by atoms with Gasteiger partial charge in [0, 0.05) is 18.3 Å². The van der Waals surface area contributed by atoms with Crippen molar-refractivity contribution in [3.8, 4) is 0 Å². The van der Waals surface area contributed by atoms with E-state index in [1.54, 1.807) is 0 Å². The maximum Gasteiger partial charge on any atom is 0.407 e. The Balaban J connectivity index is 2.10. The number of benzene rings is 1. The predicted molar refractivity (Wildman–Crippen MR) is 98.9 cm³/mol. The molecule has 130 valence electrons. The van der Waals surface area contributed by atoms with Crippen LogP contribution in [0.2, 0.25) is 0 Å². The highest BCUT2D eigenvalue weighted by atomic mass is 32.2. The van der Waals surface area contributed by atoms with E-state index in [9.17, 15) is 4.79 Å². The second-order valence-electron chi connectivity index (χ2n) is 6.55. The van der Waals surface area contributed by atoms with Crippen LogP contribution in [0.25, 0.3) is 0 Å². The van der Waals surface area contributed by atoms with Gasteiger partial charge in [0.05, 0.1) is 0 Å². The number of nitrogens with two attached hydrogens (primary N) is 1. The van der Waals surface area contributed by atoms with Gasteiger partial charge in [-0.05, 0) is 51.3 Å². The van der Waals surface area contributed by atoms with E-state index in [0.29, 0.717) is 18.3 Å². The first-order chi connectivity index (χ1) is 10.9. The van der Waals surface area contributed by atoms with Gasteiger partial charge >= 0.3 is 6.09 Å². The minimum Gasteiger partial charge on any atom is -0.444 e. The Morgan fingerprint density at radius 3 is 2.57 bits per heavy atom. The molecule has 5 heteroatoms. The molecule has 0 aliphatic heterocycles. The van der Waals surface area contributed by atoms with Crippen molar-refractivity contribution in [3.63, 3.8) is 0 Å². The van der Waals surface area contributed by atoms with Crippen molar-refractivity contribution in [1.29, 1.82) is 0 Å². The standard InChI is InChI=1S/C18H30N2O2S/c1-18(2,3)22-17(21)20-11-7-8-12-23-16(14-19)13-15-9-5-4-6-10-15/h4-6,9-10,16H,7-8,11-14,19H2,1-3H3,(H,20,21). The first kappa shape index (κ1) is 19.8. The van der Waals surface area contributed by atoms with Gasteiger partial charge in [-0.1, -0.05) is 30.3 Å². The van der Waals surface area contributed by atoms with Crippen LogP contribution in [0.3, 0.4) is 0 Å². The minimum absolute atomic E-state index is 0.339. The number of thioether (sulfide) groups is 1. The molecule has 0 bridgehead atoms. The SMILES string of the molecule is CC(C)(C)OC(=O)NCCCCSC(CN)Cc1ccccc1. The summed E-state index contributed by atoms with van der Waals surface area (Å²) >= 11 is 1.92. The molecule has 1 rings (SSSR count). The Bertz CT molecular complexity index is 446. The molecule has 0 aromatic heterocycles. The summed E-state index contributed by atoms with van der Waals surface area (Å²) in [5, 5.41) is 3.24. The van der Waals surface area contributed by atoms with E-state index in [0.717, 1.165) is 25.0 Å². The Morgan fingerprint density at radius 2 is 1.96 bits per heavy atom. The lowest BCUT2D eigenvalue weighted by Crippen LogP contribution is -2.33. The average molecular weight is 339 g/mol.